The molecule has 26 heavy (non-hydrogen) atoms. The number of hydrogen-bond acceptors (Lipinski definition) is 2. The first-order valence-corrected chi connectivity index (χ1v) is 9.21. The number of amides is 2. The van der Waals surface area contributed by atoms with Gasteiger partial charge in [-0.1, -0.05) is 32.9 Å². The fraction of sp³-hybridized carbons (Fsp3) is 0.364. The molecular formula is C22H24N2O2. The highest BCUT2D eigenvalue weighted by Crippen LogP contribution is 2.38. The van der Waals surface area contributed by atoms with E-state index in [0.29, 0.717) is 12.0 Å². The average Bonchev–Trinajstić information content (AvgIpc) is 2.91. The van der Waals surface area contributed by atoms with Crippen molar-refractivity contribution in [1.29, 1.82) is 0 Å². The molecule has 2 amide bonds. The van der Waals surface area contributed by atoms with Gasteiger partial charge < -0.3 is 10.2 Å². The van der Waals surface area contributed by atoms with Gasteiger partial charge in [-0.05, 0) is 59.2 Å². The minimum atomic E-state index is -0.116. The van der Waals surface area contributed by atoms with Crippen LogP contribution >= 0.6 is 0 Å². The summed E-state index contributed by atoms with van der Waals surface area (Å²) in [6.07, 6.45) is 2.37. The Morgan fingerprint density at radius 1 is 1.08 bits per heavy atom. The molecule has 0 aliphatic carbocycles. The summed E-state index contributed by atoms with van der Waals surface area (Å²) in [6.45, 7) is 7.28. The lowest BCUT2D eigenvalue weighted by Crippen LogP contribution is -2.31. The van der Waals surface area contributed by atoms with Crippen LogP contribution in [-0.4, -0.2) is 18.4 Å². The largest absolute Gasteiger partial charge is 0.322 e. The number of carbonyl (C=O) groups excluding carboxylic acids is 2. The van der Waals surface area contributed by atoms with Gasteiger partial charge in [0.1, 0.15) is 0 Å². The van der Waals surface area contributed by atoms with Gasteiger partial charge >= 0.3 is 0 Å². The van der Waals surface area contributed by atoms with Crippen molar-refractivity contribution in [3.63, 3.8) is 0 Å². The molecule has 2 aliphatic heterocycles. The van der Waals surface area contributed by atoms with Crippen LogP contribution in [-0.2, 0) is 23.1 Å². The molecule has 2 aliphatic rings. The molecule has 2 aromatic rings. The second kappa shape index (κ2) is 5.97. The van der Waals surface area contributed by atoms with Gasteiger partial charge in [-0.25, -0.2) is 0 Å². The average molecular weight is 348 g/mol. The summed E-state index contributed by atoms with van der Waals surface area (Å²) >= 11 is 0. The van der Waals surface area contributed by atoms with E-state index in [4.69, 9.17) is 0 Å². The fourth-order valence-electron chi connectivity index (χ4n) is 3.88. The molecule has 0 bridgehead atoms. The molecule has 0 saturated heterocycles. The van der Waals surface area contributed by atoms with Crippen molar-refractivity contribution in [3.05, 3.63) is 58.7 Å². The third-order valence-corrected chi connectivity index (χ3v) is 5.28. The molecule has 2 aromatic carbocycles. The minimum Gasteiger partial charge on any atom is -0.322 e. The number of nitrogens with one attached hydrogen (secondary N) is 1. The maximum atomic E-state index is 12.6. The summed E-state index contributed by atoms with van der Waals surface area (Å²) in [6, 6.07) is 11.7. The van der Waals surface area contributed by atoms with Crippen molar-refractivity contribution < 1.29 is 9.59 Å². The molecule has 0 aromatic heterocycles. The summed E-state index contributed by atoms with van der Waals surface area (Å²) in [4.78, 5) is 26.7. The zero-order valence-corrected chi connectivity index (χ0v) is 15.6. The molecule has 4 heteroatoms. The van der Waals surface area contributed by atoms with Gasteiger partial charge in [0.05, 0.1) is 12.1 Å². The van der Waals surface area contributed by atoms with Gasteiger partial charge in [-0.3, -0.25) is 9.59 Å². The van der Waals surface area contributed by atoms with Gasteiger partial charge in [-0.15, -0.1) is 0 Å². The quantitative estimate of drug-likeness (QED) is 0.889. The molecule has 0 fully saturated rings. The van der Waals surface area contributed by atoms with Crippen LogP contribution in [0.2, 0.25) is 0 Å². The monoisotopic (exact) mass is 348 g/mol. The van der Waals surface area contributed by atoms with Crippen molar-refractivity contribution in [3.8, 4) is 0 Å². The van der Waals surface area contributed by atoms with Gasteiger partial charge in [-0.2, -0.15) is 0 Å². The molecule has 0 atom stereocenters. The molecule has 134 valence electrons. The van der Waals surface area contributed by atoms with Crippen LogP contribution in [0.4, 0.5) is 11.4 Å². The summed E-state index contributed by atoms with van der Waals surface area (Å²) in [5.74, 6) is 0.0526. The fourth-order valence-corrected chi connectivity index (χ4v) is 3.88. The Hall–Kier alpha value is -2.62. The zero-order chi connectivity index (χ0) is 18.5. The van der Waals surface area contributed by atoms with Gasteiger partial charge in [0.25, 0.3) is 5.91 Å². The van der Waals surface area contributed by atoms with E-state index in [-0.39, 0.29) is 17.2 Å². The second-order valence-corrected chi connectivity index (χ2v) is 8.25. The first kappa shape index (κ1) is 16.8. The summed E-state index contributed by atoms with van der Waals surface area (Å²) in [5, 5.41) is 3.01. The Morgan fingerprint density at radius 2 is 1.77 bits per heavy atom. The maximum absolute atomic E-state index is 12.6. The van der Waals surface area contributed by atoms with Crippen molar-refractivity contribution in [2.24, 2.45) is 0 Å². The van der Waals surface area contributed by atoms with Crippen LogP contribution < -0.4 is 10.2 Å². The predicted molar refractivity (Wildman–Crippen MR) is 104 cm³/mol. The lowest BCUT2D eigenvalue weighted by Gasteiger charge is -2.26. The van der Waals surface area contributed by atoms with Crippen LogP contribution in [0.25, 0.3) is 0 Å². The van der Waals surface area contributed by atoms with E-state index in [0.717, 1.165) is 41.9 Å². The lowest BCUT2D eigenvalue weighted by atomic mass is 9.86. The zero-order valence-electron chi connectivity index (χ0n) is 15.6. The molecule has 4 rings (SSSR count). The Balaban J connectivity index is 1.58. The van der Waals surface area contributed by atoms with Crippen LogP contribution in [0.1, 0.15) is 54.2 Å². The Kier molecular flexibility index (Phi) is 3.87. The topological polar surface area (TPSA) is 49.4 Å². The molecule has 0 saturated carbocycles. The third kappa shape index (κ3) is 2.90. The maximum Gasteiger partial charge on any atom is 0.255 e. The molecular weight excluding hydrogens is 324 g/mol. The lowest BCUT2D eigenvalue weighted by molar-refractivity contribution is -0.117. The van der Waals surface area contributed by atoms with E-state index >= 15 is 0 Å². The Morgan fingerprint density at radius 3 is 2.46 bits per heavy atom. The van der Waals surface area contributed by atoms with Crippen LogP contribution in [0.3, 0.4) is 0 Å². The van der Waals surface area contributed by atoms with E-state index < -0.39 is 0 Å². The van der Waals surface area contributed by atoms with E-state index in [1.54, 1.807) is 0 Å². The molecule has 0 unspecified atom stereocenters. The van der Waals surface area contributed by atoms with Gasteiger partial charge in [0.2, 0.25) is 5.91 Å². The van der Waals surface area contributed by atoms with Crippen LogP contribution in [0.5, 0.6) is 0 Å². The number of carbonyl (C=O) groups is 2. The normalized spacial score (nSPS) is 15.8. The number of nitrogens with zero attached hydrogens (tertiary/aromatic N) is 1. The number of benzene rings is 2. The van der Waals surface area contributed by atoms with Crippen molar-refractivity contribution in [1.82, 2.24) is 0 Å². The highest BCUT2D eigenvalue weighted by atomic mass is 16.2. The number of rotatable bonds is 2. The standard InChI is InChI=1S/C22H24N2O2/c1-22(2,3)17-8-6-14(7-9-17)21(26)23-18-11-15-5-4-10-24-19(25)13-16(12-18)20(15)24/h6-9,11-12H,4-5,10,13H2,1-3H3,(H,23,26). The molecule has 0 spiro atoms. The van der Waals surface area contributed by atoms with E-state index in [1.165, 1.54) is 5.56 Å². The SMILES string of the molecule is CC(C)(C)c1ccc(C(=O)Nc2cc3c4c(c2)CC(=O)N4CCC3)cc1. The Labute approximate surface area is 154 Å². The van der Waals surface area contributed by atoms with Crippen molar-refractivity contribution in [2.75, 3.05) is 16.8 Å². The number of hydrogen-bond donors (Lipinski definition) is 1. The molecule has 2 heterocycles. The van der Waals surface area contributed by atoms with Crippen LogP contribution in [0, 0.1) is 0 Å². The molecule has 1 N–H and O–H groups in total. The molecule has 4 nitrogen and oxygen atoms in total. The number of aryl methyl sites for hydroxylation is 1. The van der Waals surface area contributed by atoms with Gasteiger partial charge in [0.15, 0.2) is 0 Å². The van der Waals surface area contributed by atoms with Gasteiger partial charge in [0, 0.05) is 17.8 Å². The Bertz CT molecular complexity index is 892. The third-order valence-electron chi connectivity index (χ3n) is 5.28. The number of anilines is 2. The first-order chi connectivity index (χ1) is 12.3. The summed E-state index contributed by atoms with van der Waals surface area (Å²) in [5.41, 5.74) is 5.97. The van der Waals surface area contributed by atoms with E-state index in [2.05, 4.69) is 26.1 Å². The summed E-state index contributed by atoms with van der Waals surface area (Å²) in [7, 11) is 0. The minimum absolute atomic E-state index is 0.0655. The van der Waals surface area contributed by atoms with Crippen molar-refractivity contribution in [2.45, 2.75) is 45.4 Å². The van der Waals surface area contributed by atoms with Crippen LogP contribution in [0.15, 0.2) is 36.4 Å². The highest BCUT2D eigenvalue weighted by Gasteiger charge is 2.32. The second-order valence-electron chi connectivity index (χ2n) is 8.25. The highest BCUT2D eigenvalue weighted by molar-refractivity contribution is 6.06. The molecule has 0 radical (unpaired) electrons. The van der Waals surface area contributed by atoms with E-state index in [9.17, 15) is 9.59 Å². The first-order valence-electron chi connectivity index (χ1n) is 9.21. The smallest absolute Gasteiger partial charge is 0.255 e. The predicted octanol–water partition coefficient (Wildman–Crippen LogP) is 4.07. The van der Waals surface area contributed by atoms with Crippen molar-refractivity contribution >= 4 is 23.2 Å². The van der Waals surface area contributed by atoms with E-state index in [1.807, 2.05) is 41.3 Å². The summed E-state index contributed by atoms with van der Waals surface area (Å²) < 4.78 is 0.